The molecule has 0 atom stereocenters. The Morgan fingerprint density at radius 1 is 1.50 bits per heavy atom. The molecule has 1 aromatic carbocycles. The van der Waals surface area contributed by atoms with Gasteiger partial charge in [-0.05, 0) is 6.07 Å². The van der Waals surface area contributed by atoms with Gasteiger partial charge in [-0.25, -0.2) is 12.8 Å². The van der Waals surface area contributed by atoms with Crippen LogP contribution in [-0.2, 0) is 10.0 Å². The molecule has 0 spiro atoms. The molecule has 0 aliphatic rings. The number of nitro benzene ring substituents is 1. The van der Waals surface area contributed by atoms with Crippen molar-refractivity contribution < 1.29 is 17.7 Å². The van der Waals surface area contributed by atoms with Crippen LogP contribution in [0, 0.1) is 27.3 Å². The zero-order chi connectivity index (χ0) is 15.3. The van der Waals surface area contributed by atoms with Gasteiger partial charge in [0.1, 0.15) is 10.7 Å². The molecule has 0 saturated carbocycles. The maximum Gasteiger partial charge on any atom is 0.270 e. The summed E-state index contributed by atoms with van der Waals surface area (Å²) < 4.78 is 39.0. The second kappa shape index (κ2) is 6.40. The topological polar surface area (TPSA) is 104 Å². The predicted molar refractivity (Wildman–Crippen MR) is 67.7 cm³/mol. The number of hydrogen-bond acceptors (Lipinski definition) is 5. The molecule has 20 heavy (non-hydrogen) atoms. The van der Waals surface area contributed by atoms with Crippen LogP contribution in [0.5, 0.6) is 0 Å². The van der Waals surface area contributed by atoms with Gasteiger partial charge in [0.25, 0.3) is 5.69 Å². The highest BCUT2D eigenvalue weighted by molar-refractivity contribution is 7.89. The van der Waals surface area contributed by atoms with E-state index in [0.717, 1.165) is 16.4 Å². The van der Waals surface area contributed by atoms with Crippen LogP contribution in [0.15, 0.2) is 23.1 Å². The predicted octanol–water partition coefficient (Wildman–Crippen LogP) is 1.66. The van der Waals surface area contributed by atoms with Crippen LogP contribution in [0.2, 0.25) is 0 Å². The summed E-state index contributed by atoms with van der Waals surface area (Å²) in [6.07, 6.45) is -0.0520. The van der Waals surface area contributed by atoms with Crippen molar-refractivity contribution in [2.75, 3.05) is 13.1 Å². The highest BCUT2D eigenvalue weighted by atomic mass is 32.2. The molecule has 0 heterocycles. The molecule has 0 aliphatic heterocycles. The van der Waals surface area contributed by atoms with E-state index in [2.05, 4.69) is 0 Å². The number of sulfonamides is 1. The fourth-order valence-electron chi connectivity index (χ4n) is 1.57. The largest absolute Gasteiger partial charge is 0.270 e. The first-order valence-electron chi connectivity index (χ1n) is 5.65. The zero-order valence-corrected chi connectivity index (χ0v) is 11.4. The molecule has 9 heteroatoms. The number of halogens is 1. The Kier molecular flexibility index (Phi) is 5.12. The highest BCUT2D eigenvalue weighted by Gasteiger charge is 2.28. The molecule has 1 rings (SSSR count). The van der Waals surface area contributed by atoms with Crippen LogP contribution in [0.4, 0.5) is 10.1 Å². The van der Waals surface area contributed by atoms with Crippen molar-refractivity contribution in [1.29, 1.82) is 5.26 Å². The van der Waals surface area contributed by atoms with Gasteiger partial charge in [0.15, 0.2) is 0 Å². The molecular formula is C11H12FN3O4S. The van der Waals surface area contributed by atoms with Gasteiger partial charge in [-0.2, -0.15) is 9.57 Å². The van der Waals surface area contributed by atoms with Gasteiger partial charge in [0.2, 0.25) is 10.0 Å². The number of hydrogen-bond donors (Lipinski definition) is 0. The summed E-state index contributed by atoms with van der Waals surface area (Å²) >= 11 is 0. The normalized spacial score (nSPS) is 11.3. The number of nitriles is 1. The molecular weight excluding hydrogens is 289 g/mol. The van der Waals surface area contributed by atoms with Crippen LogP contribution in [0.3, 0.4) is 0 Å². The van der Waals surface area contributed by atoms with Gasteiger partial charge < -0.3 is 0 Å². The lowest BCUT2D eigenvalue weighted by molar-refractivity contribution is -0.385. The average Bonchev–Trinajstić information content (AvgIpc) is 2.39. The molecule has 0 bridgehead atoms. The molecule has 0 aliphatic carbocycles. The van der Waals surface area contributed by atoms with Gasteiger partial charge >= 0.3 is 0 Å². The third-order valence-electron chi connectivity index (χ3n) is 2.57. The first-order chi connectivity index (χ1) is 9.34. The molecule has 0 saturated heterocycles. The summed E-state index contributed by atoms with van der Waals surface area (Å²) in [5, 5.41) is 19.1. The smallest absolute Gasteiger partial charge is 0.258 e. The van der Waals surface area contributed by atoms with E-state index in [0.29, 0.717) is 6.07 Å². The van der Waals surface area contributed by atoms with Crippen molar-refractivity contribution in [3.05, 3.63) is 34.1 Å². The second-order valence-electron chi connectivity index (χ2n) is 3.78. The van der Waals surface area contributed by atoms with Gasteiger partial charge in [-0.1, -0.05) is 6.92 Å². The summed E-state index contributed by atoms with van der Waals surface area (Å²) in [5.41, 5.74) is -0.513. The van der Waals surface area contributed by atoms with Crippen LogP contribution in [-0.4, -0.2) is 30.7 Å². The lowest BCUT2D eigenvalue weighted by Gasteiger charge is -2.19. The molecule has 0 unspecified atom stereocenters. The Hall–Kier alpha value is -2.05. The second-order valence-corrected chi connectivity index (χ2v) is 5.68. The van der Waals surface area contributed by atoms with E-state index < -0.39 is 31.3 Å². The quantitative estimate of drug-likeness (QED) is 0.587. The third-order valence-corrected chi connectivity index (χ3v) is 4.56. The minimum atomic E-state index is -4.21. The number of rotatable bonds is 6. The zero-order valence-electron chi connectivity index (χ0n) is 10.6. The van der Waals surface area contributed by atoms with Crippen LogP contribution < -0.4 is 0 Å². The summed E-state index contributed by atoms with van der Waals surface area (Å²) in [6.45, 7) is 1.47. The third kappa shape index (κ3) is 3.28. The van der Waals surface area contributed by atoms with Gasteiger partial charge in [-0.3, -0.25) is 10.1 Å². The Morgan fingerprint density at radius 2 is 2.15 bits per heavy atom. The summed E-state index contributed by atoms with van der Waals surface area (Å²) in [6, 6.07) is 4.10. The molecule has 0 aromatic heterocycles. The lowest BCUT2D eigenvalue weighted by atomic mass is 10.3. The van der Waals surface area contributed by atoms with Gasteiger partial charge in [0.05, 0.1) is 11.0 Å². The Morgan fingerprint density at radius 3 is 2.65 bits per heavy atom. The maximum absolute atomic E-state index is 13.7. The van der Waals surface area contributed by atoms with Gasteiger partial charge in [-0.15, -0.1) is 0 Å². The molecule has 0 fully saturated rings. The summed E-state index contributed by atoms with van der Waals surface area (Å²) in [4.78, 5) is 9.08. The molecule has 0 N–H and O–H groups in total. The van der Waals surface area contributed by atoms with Crippen molar-refractivity contribution in [3.63, 3.8) is 0 Å². The van der Waals surface area contributed by atoms with E-state index >= 15 is 0 Å². The van der Waals surface area contributed by atoms with Crippen molar-refractivity contribution in [2.24, 2.45) is 0 Å². The number of non-ortho nitro benzene ring substituents is 1. The number of nitro groups is 1. The Balaban J connectivity index is 3.30. The molecule has 7 nitrogen and oxygen atoms in total. The molecule has 108 valence electrons. The van der Waals surface area contributed by atoms with E-state index in [9.17, 15) is 22.9 Å². The summed E-state index contributed by atoms with van der Waals surface area (Å²) in [7, 11) is -4.21. The van der Waals surface area contributed by atoms with Crippen molar-refractivity contribution in [2.45, 2.75) is 18.2 Å². The van der Waals surface area contributed by atoms with E-state index in [1.165, 1.54) is 6.92 Å². The van der Waals surface area contributed by atoms with Crippen LogP contribution in [0.25, 0.3) is 0 Å². The Labute approximate surface area is 115 Å². The standard InChI is InChI=1S/C11H12FN3O4S/c1-2-14(7-3-6-13)20(18,19)11-8-9(15(16)17)4-5-10(11)12/h4-5,8H,2-3,7H2,1H3. The van der Waals surface area contributed by atoms with Crippen molar-refractivity contribution in [1.82, 2.24) is 4.31 Å². The van der Waals surface area contributed by atoms with Crippen LogP contribution >= 0.6 is 0 Å². The Bertz CT molecular complexity index is 654. The SMILES string of the molecule is CCN(CCC#N)S(=O)(=O)c1cc([N+](=O)[O-])ccc1F. The fourth-order valence-corrected chi connectivity index (χ4v) is 3.10. The molecule has 0 radical (unpaired) electrons. The van der Waals surface area contributed by atoms with Crippen molar-refractivity contribution in [3.8, 4) is 6.07 Å². The van der Waals surface area contributed by atoms with E-state index in [1.807, 2.05) is 0 Å². The van der Waals surface area contributed by atoms with Gasteiger partial charge in [0, 0.05) is 31.6 Å². The fraction of sp³-hybridized carbons (Fsp3) is 0.364. The van der Waals surface area contributed by atoms with E-state index in [-0.39, 0.29) is 19.5 Å². The first-order valence-corrected chi connectivity index (χ1v) is 7.09. The maximum atomic E-state index is 13.7. The first kappa shape index (κ1) is 16.0. The van der Waals surface area contributed by atoms with Crippen LogP contribution in [0.1, 0.15) is 13.3 Å². The molecule has 0 amide bonds. The average molecular weight is 301 g/mol. The lowest BCUT2D eigenvalue weighted by Crippen LogP contribution is -2.32. The minimum Gasteiger partial charge on any atom is -0.258 e. The monoisotopic (exact) mass is 301 g/mol. The highest BCUT2D eigenvalue weighted by Crippen LogP contribution is 2.24. The molecule has 1 aromatic rings. The summed E-state index contributed by atoms with van der Waals surface area (Å²) in [5.74, 6) is -1.06. The number of benzene rings is 1. The van der Waals surface area contributed by atoms with Crippen molar-refractivity contribution >= 4 is 15.7 Å². The van der Waals surface area contributed by atoms with E-state index in [1.54, 1.807) is 6.07 Å². The van der Waals surface area contributed by atoms with E-state index in [4.69, 9.17) is 5.26 Å². The minimum absolute atomic E-state index is 0.0339. The number of nitrogens with zero attached hydrogens (tertiary/aromatic N) is 3.